The molecule has 0 spiro atoms. The second-order valence-electron chi connectivity index (χ2n) is 7.72. The van der Waals surface area contributed by atoms with Gasteiger partial charge in [0.25, 0.3) is 11.8 Å². The number of hydrogen-bond acceptors (Lipinski definition) is 4. The number of benzene rings is 2. The predicted molar refractivity (Wildman–Crippen MR) is 110 cm³/mol. The van der Waals surface area contributed by atoms with Crippen molar-refractivity contribution in [1.82, 2.24) is 15.8 Å². The second-order valence-corrected chi connectivity index (χ2v) is 7.72. The van der Waals surface area contributed by atoms with E-state index in [1.165, 1.54) is 12.1 Å². The molecule has 3 rings (SSSR count). The summed E-state index contributed by atoms with van der Waals surface area (Å²) in [5, 5.41) is 15.2. The number of nitrogens with one attached hydrogen (secondary N) is 2. The predicted octanol–water partition coefficient (Wildman–Crippen LogP) is 3.86. The molecule has 0 unspecified atom stereocenters. The lowest BCUT2D eigenvalue weighted by Gasteiger charge is -2.21. The summed E-state index contributed by atoms with van der Waals surface area (Å²) in [5.74, 6) is -1.43. The molecule has 7 heteroatoms. The third kappa shape index (κ3) is 4.34. The van der Waals surface area contributed by atoms with Crippen LogP contribution in [-0.4, -0.2) is 33.5 Å². The number of carbonyl (C=O) groups excluding carboxylic acids is 3. The van der Waals surface area contributed by atoms with Crippen LogP contribution < -0.4 is 10.7 Å². The van der Waals surface area contributed by atoms with Gasteiger partial charge >= 0.3 is 6.03 Å². The standard InChI is InChI=1S/C22H27N3O4/c1-3-4-5-6-9-12-22(2)20(28)25(21(29)23-22)24-19(27)17-13-15-10-7-8-11-16(15)14-18(17)26/h7-8,10-11,13-14,26H,3-6,9,12H2,1-2H3,(H,23,29)(H,24,27)/t22-/m1/s1. The molecule has 1 heterocycles. The first kappa shape index (κ1) is 20.6. The SMILES string of the molecule is CCCCCCC[C@@]1(C)NC(=O)N(NC(=O)c2cc3ccccc3cc2O)C1=O. The summed E-state index contributed by atoms with van der Waals surface area (Å²) in [6.45, 7) is 3.81. The molecule has 1 aliphatic rings. The molecule has 7 nitrogen and oxygen atoms in total. The maximum atomic E-state index is 12.8. The number of carbonyl (C=O) groups is 3. The molecule has 1 atom stereocenters. The van der Waals surface area contributed by atoms with Crippen LogP contribution in [0.1, 0.15) is 62.7 Å². The highest BCUT2D eigenvalue weighted by Crippen LogP contribution is 2.26. The normalized spacial score (nSPS) is 18.9. The number of imide groups is 1. The fourth-order valence-corrected chi connectivity index (χ4v) is 3.61. The van der Waals surface area contributed by atoms with Gasteiger partial charge in [-0.05, 0) is 36.2 Å². The fraction of sp³-hybridized carbons (Fsp3) is 0.409. The minimum Gasteiger partial charge on any atom is -0.507 e. The van der Waals surface area contributed by atoms with Gasteiger partial charge in [-0.15, -0.1) is 0 Å². The number of rotatable bonds is 8. The Labute approximate surface area is 170 Å². The minimum atomic E-state index is -1.04. The molecule has 1 fully saturated rings. The molecule has 2 aromatic carbocycles. The molecule has 0 radical (unpaired) electrons. The van der Waals surface area contributed by atoms with Crippen molar-refractivity contribution < 1.29 is 19.5 Å². The Hall–Kier alpha value is -3.09. The summed E-state index contributed by atoms with van der Waals surface area (Å²) >= 11 is 0. The average Bonchev–Trinajstić information content (AvgIpc) is 2.90. The first-order valence-electron chi connectivity index (χ1n) is 10.0. The molecule has 1 aliphatic heterocycles. The van der Waals surface area contributed by atoms with Crippen LogP contribution in [0.25, 0.3) is 10.8 Å². The van der Waals surface area contributed by atoms with Crippen LogP contribution in [0.3, 0.4) is 0 Å². The van der Waals surface area contributed by atoms with Gasteiger partial charge in [-0.3, -0.25) is 15.0 Å². The van der Waals surface area contributed by atoms with Crippen molar-refractivity contribution in [2.45, 2.75) is 57.9 Å². The van der Waals surface area contributed by atoms with E-state index in [4.69, 9.17) is 0 Å². The van der Waals surface area contributed by atoms with E-state index in [-0.39, 0.29) is 11.3 Å². The summed E-state index contributed by atoms with van der Waals surface area (Å²) in [7, 11) is 0. The molecule has 154 valence electrons. The number of nitrogens with zero attached hydrogens (tertiary/aromatic N) is 1. The number of fused-ring (bicyclic) bond motifs is 1. The van der Waals surface area contributed by atoms with E-state index in [1.807, 2.05) is 24.3 Å². The van der Waals surface area contributed by atoms with E-state index >= 15 is 0 Å². The number of urea groups is 1. The van der Waals surface area contributed by atoms with Crippen LogP contribution in [0, 0.1) is 0 Å². The summed E-state index contributed by atoms with van der Waals surface area (Å²) < 4.78 is 0. The number of phenolic OH excluding ortho intramolecular Hbond substituents is 1. The Balaban J connectivity index is 1.69. The Morgan fingerprint density at radius 3 is 2.45 bits per heavy atom. The highest BCUT2D eigenvalue weighted by atomic mass is 16.3. The Bertz CT molecular complexity index is 943. The molecule has 0 aromatic heterocycles. The van der Waals surface area contributed by atoms with Crippen molar-refractivity contribution in [1.29, 1.82) is 0 Å². The molecule has 3 N–H and O–H groups in total. The maximum Gasteiger partial charge on any atom is 0.344 e. The first-order chi connectivity index (χ1) is 13.9. The lowest BCUT2D eigenvalue weighted by Crippen LogP contribution is -2.48. The van der Waals surface area contributed by atoms with Crippen LogP contribution >= 0.6 is 0 Å². The largest absolute Gasteiger partial charge is 0.507 e. The summed E-state index contributed by atoms with van der Waals surface area (Å²) in [5.41, 5.74) is 1.30. The summed E-state index contributed by atoms with van der Waals surface area (Å²) in [6, 6.07) is 9.64. The van der Waals surface area contributed by atoms with Crippen LogP contribution in [0.15, 0.2) is 36.4 Å². The molecule has 2 aromatic rings. The first-order valence-corrected chi connectivity index (χ1v) is 10.0. The number of unbranched alkanes of at least 4 members (excludes halogenated alkanes) is 4. The maximum absolute atomic E-state index is 12.8. The monoisotopic (exact) mass is 397 g/mol. The highest BCUT2D eigenvalue weighted by Gasteiger charge is 2.48. The second kappa shape index (κ2) is 8.51. The highest BCUT2D eigenvalue weighted by molar-refractivity contribution is 6.10. The smallest absolute Gasteiger partial charge is 0.344 e. The van der Waals surface area contributed by atoms with Crippen LogP contribution in [0.4, 0.5) is 4.79 Å². The molecule has 0 saturated carbocycles. The van der Waals surface area contributed by atoms with Gasteiger partial charge < -0.3 is 10.4 Å². The van der Waals surface area contributed by atoms with Crippen LogP contribution in [0.2, 0.25) is 0 Å². The zero-order valence-corrected chi connectivity index (χ0v) is 16.8. The fourth-order valence-electron chi connectivity index (χ4n) is 3.61. The zero-order valence-electron chi connectivity index (χ0n) is 16.8. The Kier molecular flexibility index (Phi) is 6.06. The van der Waals surface area contributed by atoms with Crippen molar-refractivity contribution in [3.05, 3.63) is 42.0 Å². The van der Waals surface area contributed by atoms with Crippen molar-refractivity contribution in [2.75, 3.05) is 0 Å². The Morgan fingerprint density at radius 2 is 1.76 bits per heavy atom. The van der Waals surface area contributed by atoms with Gasteiger partial charge in [0, 0.05) is 0 Å². The summed E-state index contributed by atoms with van der Waals surface area (Å²) in [4.78, 5) is 37.8. The van der Waals surface area contributed by atoms with Gasteiger partial charge in [-0.25, -0.2) is 4.79 Å². The number of phenols is 1. The van der Waals surface area contributed by atoms with Gasteiger partial charge in [0.15, 0.2) is 0 Å². The molecule has 0 bridgehead atoms. The lowest BCUT2D eigenvalue weighted by atomic mass is 9.94. The third-order valence-corrected chi connectivity index (χ3v) is 5.36. The van der Waals surface area contributed by atoms with Gasteiger partial charge in [0.1, 0.15) is 11.3 Å². The van der Waals surface area contributed by atoms with Gasteiger partial charge in [0.2, 0.25) is 0 Å². The van der Waals surface area contributed by atoms with E-state index in [0.717, 1.165) is 42.9 Å². The third-order valence-electron chi connectivity index (χ3n) is 5.36. The van der Waals surface area contributed by atoms with E-state index in [2.05, 4.69) is 17.7 Å². The molecular formula is C22H27N3O4. The molecule has 4 amide bonds. The number of hydrazine groups is 1. The van der Waals surface area contributed by atoms with Gasteiger partial charge in [0.05, 0.1) is 5.56 Å². The number of hydrogen-bond donors (Lipinski definition) is 3. The number of amides is 4. The van der Waals surface area contributed by atoms with E-state index < -0.39 is 23.4 Å². The lowest BCUT2D eigenvalue weighted by molar-refractivity contribution is -0.132. The van der Waals surface area contributed by atoms with Crippen LogP contribution in [0.5, 0.6) is 5.75 Å². The van der Waals surface area contributed by atoms with E-state index in [9.17, 15) is 19.5 Å². The average molecular weight is 397 g/mol. The number of aromatic hydroxyl groups is 1. The molecule has 29 heavy (non-hydrogen) atoms. The van der Waals surface area contributed by atoms with Gasteiger partial charge in [-0.2, -0.15) is 5.01 Å². The van der Waals surface area contributed by atoms with Crippen molar-refractivity contribution in [2.24, 2.45) is 0 Å². The Morgan fingerprint density at radius 1 is 1.10 bits per heavy atom. The quantitative estimate of drug-likeness (QED) is 0.465. The van der Waals surface area contributed by atoms with Crippen molar-refractivity contribution in [3.8, 4) is 5.75 Å². The van der Waals surface area contributed by atoms with Crippen LogP contribution in [-0.2, 0) is 4.79 Å². The molecule has 0 aliphatic carbocycles. The zero-order chi connectivity index (χ0) is 21.0. The summed E-state index contributed by atoms with van der Waals surface area (Å²) in [6.07, 6.45) is 5.69. The topological polar surface area (TPSA) is 98.7 Å². The minimum absolute atomic E-state index is 0.00234. The molecular weight excluding hydrogens is 370 g/mol. The molecule has 1 saturated heterocycles. The van der Waals surface area contributed by atoms with Crippen molar-refractivity contribution >= 4 is 28.6 Å². The van der Waals surface area contributed by atoms with E-state index in [0.29, 0.717) is 11.4 Å². The van der Waals surface area contributed by atoms with Gasteiger partial charge in [-0.1, -0.05) is 63.3 Å². The van der Waals surface area contributed by atoms with Crippen molar-refractivity contribution in [3.63, 3.8) is 0 Å². The van der Waals surface area contributed by atoms with E-state index in [1.54, 1.807) is 6.92 Å².